The summed E-state index contributed by atoms with van der Waals surface area (Å²) in [6, 6.07) is 9.34. The summed E-state index contributed by atoms with van der Waals surface area (Å²) < 4.78 is 0. The molecule has 7 nitrogen and oxygen atoms in total. The average Bonchev–Trinajstić information content (AvgIpc) is 2.41. The van der Waals surface area contributed by atoms with Crippen LogP contribution in [-0.2, 0) is 16.1 Å². The van der Waals surface area contributed by atoms with Crippen LogP contribution in [0.5, 0.6) is 0 Å². The Balaban J connectivity index is 2.17. The van der Waals surface area contributed by atoms with Crippen molar-refractivity contribution in [2.45, 2.75) is 6.54 Å². The molecule has 1 aromatic carbocycles. The van der Waals surface area contributed by atoms with Gasteiger partial charge in [-0.25, -0.2) is 4.79 Å². The van der Waals surface area contributed by atoms with E-state index in [1.54, 1.807) is 0 Å². The van der Waals surface area contributed by atoms with Gasteiger partial charge in [-0.2, -0.15) is 0 Å². The van der Waals surface area contributed by atoms with Crippen molar-refractivity contribution in [2.75, 3.05) is 13.1 Å². The Morgan fingerprint density at radius 3 is 2.11 bits per heavy atom. The monoisotopic (exact) mass is 265 g/mol. The van der Waals surface area contributed by atoms with E-state index in [-0.39, 0.29) is 19.0 Å². The number of amides is 3. The van der Waals surface area contributed by atoms with Crippen molar-refractivity contribution in [1.82, 2.24) is 16.0 Å². The standard InChI is InChI=1S/C12H15N3O4/c16-10(7-14-11(17)8-15-12(18)19)13-6-9-4-2-1-3-5-9/h1-5,15H,6-8H2,(H,13,16)(H,14,17)(H,18,19). The molecule has 102 valence electrons. The summed E-state index contributed by atoms with van der Waals surface area (Å²) in [5.41, 5.74) is 0.953. The Bertz CT molecular complexity index is 448. The number of carboxylic acid groups (broad SMARTS) is 1. The summed E-state index contributed by atoms with van der Waals surface area (Å²) in [7, 11) is 0. The first-order chi connectivity index (χ1) is 9.08. The number of carbonyl (C=O) groups excluding carboxylic acids is 2. The van der Waals surface area contributed by atoms with Crippen LogP contribution < -0.4 is 16.0 Å². The molecular weight excluding hydrogens is 250 g/mol. The Morgan fingerprint density at radius 1 is 0.895 bits per heavy atom. The van der Waals surface area contributed by atoms with Gasteiger partial charge in [-0.3, -0.25) is 9.59 Å². The lowest BCUT2D eigenvalue weighted by Gasteiger charge is -2.07. The molecule has 19 heavy (non-hydrogen) atoms. The second-order valence-electron chi connectivity index (χ2n) is 3.70. The van der Waals surface area contributed by atoms with Crippen molar-refractivity contribution < 1.29 is 19.5 Å². The zero-order valence-corrected chi connectivity index (χ0v) is 10.2. The lowest BCUT2D eigenvalue weighted by molar-refractivity contribution is -0.125. The third-order valence-corrected chi connectivity index (χ3v) is 2.18. The van der Waals surface area contributed by atoms with Crippen molar-refractivity contribution in [2.24, 2.45) is 0 Å². The SMILES string of the molecule is O=C(O)NCC(=O)NCC(=O)NCc1ccccc1. The number of carbonyl (C=O) groups is 3. The fraction of sp³-hybridized carbons (Fsp3) is 0.250. The Morgan fingerprint density at radius 2 is 1.47 bits per heavy atom. The van der Waals surface area contributed by atoms with Crippen LogP contribution in [0.1, 0.15) is 5.56 Å². The highest BCUT2D eigenvalue weighted by molar-refractivity contribution is 5.86. The van der Waals surface area contributed by atoms with E-state index in [9.17, 15) is 14.4 Å². The Labute approximate surface area is 110 Å². The molecule has 0 aliphatic carbocycles. The molecule has 0 bridgehead atoms. The van der Waals surface area contributed by atoms with Crippen LogP contribution in [0.3, 0.4) is 0 Å². The maximum absolute atomic E-state index is 11.4. The second kappa shape index (κ2) is 7.70. The molecule has 1 rings (SSSR count). The van der Waals surface area contributed by atoms with Crippen LogP contribution in [-0.4, -0.2) is 36.1 Å². The van der Waals surface area contributed by atoms with Gasteiger partial charge >= 0.3 is 6.09 Å². The molecule has 0 aromatic heterocycles. The normalized spacial score (nSPS) is 9.47. The van der Waals surface area contributed by atoms with Crippen molar-refractivity contribution in [3.8, 4) is 0 Å². The van der Waals surface area contributed by atoms with Gasteiger partial charge in [0.05, 0.1) is 13.1 Å². The third-order valence-electron chi connectivity index (χ3n) is 2.18. The first-order valence-electron chi connectivity index (χ1n) is 5.62. The largest absolute Gasteiger partial charge is 0.465 e. The van der Waals surface area contributed by atoms with Crippen LogP contribution in [0.25, 0.3) is 0 Å². The molecule has 1 aromatic rings. The summed E-state index contributed by atoms with van der Waals surface area (Å²) in [5.74, 6) is -0.898. The Hall–Kier alpha value is -2.57. The van der Waals surface area contributed by atoms with E-state index in [0.717, 1.165) is 5.56 Å². The number of benzene rings is 1. The van der Waals surface area contributed by atoms with Gasteiger partial charge in [-0.1, -0.05) is 30.3 Å². The summed E-state index contributed by atoms with van der Waals surface area (Å²) in [6.45, 7) is -0.183. The van der Waals surface area contributed by atoms with E-state index in [1.807, 2.05) is 35.6 Å². The molecule has 0 aliphatic rings. The van der Waals surface area contributed by atoms with E-state index in [2.05, 4.69) is 10.6 Å². The highest BCUT2D eigenvalue weighted by Gasteiger charge is 2.06. The highest BCUT2D eigenvalue weighted by Crippen LogP contribution is 1.96. The molecule has 7 heteroatoms. The van der Waals surface area contributed by atoms with Gasteiger partial charge in [0.25, 0.3) is 0 Å². The van der Waals surface area contributed by atoms with Crippen molar-refractivity contribution in [3.63, 3.8) is 0 Å². The minimum absolute atomic E-state index is 0.188. The van der Waals surface area contributed by atoms with Crippen molar-refractivity contribution in [3.05, 3.63) is 35.9 Å². The first-order valence-corrected chi connectivity index (χ1v) is 5.62. The summed E-state index contributed by atoms with van der Waals surface area (Å²) in [6.07, 6.45) is -1.29. The van der Waals surface area contributed by atoms with E-state index in [0.29, 0.717) is 6.54 Å². The third kappa shape index (κ3) is 6.67. The average molecular weight is 265 g/mol. The second-order valence-corrected chi connectivity index (χ2v) is 3.70. The predicted molar refractivity (Wildman–Crippen MR) is 67.3 cm³/mol. The molecular formula is C12H15N3O4. The topological polar surface area (TPSA) is 108 Å². The van der Waals surface area contributed by atoms with Gasteiger partial charge < -0.3 is 21.1 Å². The van der Waals surface area contributed by atoms with Gasteiger partial charge in [-0.05, 0) is 5.56 Å². The molecule has 0 spiro atoms. The summed E-state index contributed by atoms with van der Waals surface area (Å²) >= 11 is 0. The molecule has 4 N–H and O–H groups in total. The molecule has 0 unspecified atom stereocenters. The van der Waals surface area contributed by atoms with Crippen molar-refractivity contribution >= 4 is 17.9 Å². The van der Waals surface area contributed by atoms with Crippen LogP contribution >= 0.6 is 0 Å². The van der Waals surface area contributed by atoms with Gasteiger partial charge in [0.1, 0.15) is 0 Å². The highest BCUT2D eigenvalue weighted by atomic mass is 16.4. The molecule has 0 radical (unpaired) electrons. The number of rotatable bonds is 6. The predicted octanol–water partition coefficient (Wildman–Crippen LogP) is -0.313. The zero-order chi connectivity index (χ0) is 14.1. The zero-order valence-electron chi connectivity index (χ0n) is 10.2. The van der Waals surface area contributed by atoms with E-state index < -0.39 is 12.0 Å². The van der Waals surface area contributed by atoms with Gasteiger partial charge in [0, 0.05) is 6.54 Å². The molecule has 0 saturated heterocycles. The molecule has 0 heterocycles. The Kier molecular flexibility index (Phi) is 5.87. The molecule has 0 fully saturated rings. The van der Waals surface area contributed by atoms with E-state index >= 15 is 0 Å². The lowest BCUT2D eigenvalue weighted by atomic mass is 10.2. The maximum Gasteiger partial charge on any atom is 0.405 e. The summed E-state index contributed by atoms with van der Waals surface area (Å²) in [5, 5.41) is 15.1. The quantitative estimate of drug-likeness (QED) is 0.565. The lowest BCUT2D eigenvalue weighted by Crippen LogP contribution is -2.41. The maximum atomic E-state index is 11.4. The van der Waals surface area contributed by atoms with Crippen LogP contribution in [0.15, 0.2) is 30.3 Å². The molecule has 0 aliphatic heterocycles. The molecule has 3 amide bonds. The van der Waals surface area contributed by atoms with E-state index in [1.165, 1.54) is 0 Å². The molecule has 0 atom stereocenters. The number of hydrogen-bond acceptors (Lipinski definition) is 3. The number of hydrogen-bond donors (Lipinski definition) is 4. The van der Waals surface area contributed by atoms with Crippen LogP contribution in [0.2, 0.25) is 0 Å². The van der Waals surface area contributed by atoms with Crippen LogP contribution in [0, 0.1) is 0 Å². The van der Waals surface area contributed by atoms with Gasteiger partial charge in [0.2, 0.25) is 11.8 Å². The first kappa shape index (κ1) is 14.5. The minimum atomic E-state index is -1.29. The van der Waals surface area contributed by atoms with Gasteiger partial charge in [0.15, 0.2) is 0 Å². The fourth-order valence-corrected chi connectivity index (χ4v) is 1.26. The minimum Gasteiger partial charge on any atom is -0.465 e. The van der Waals surface area contributed by atoms with E-state index in [4.69, 9.17) is 5.11 Å². The number of nitrogens with one attached hydrogen (secondary N) is 3. The summed E-state index contributed by atoms with van der Waals surface area (Å²) in [4.78, 5) is 32.6. The van der Waals surface area contributed by atoms with Gasteiger partial charge in [-0.15, -0.1) is 0 Å². The smallest absolute Gasteiger partial charge is 0.405 e. The van der Waals surface area contributed by atoms with Crippen molar-refractivity contribution in [1.29, 1.82) is 0 Å². The molecule has 0 saturated carbocycles. The van der Waals surface area contributed by atoms with Crippen LogP contribution in [0.4, 0.5) is 4.79 Å². The fourth-order valence-electron chi connectivity index (χ4n) is 1.26.